The number of carbonyl (C=O) groups excluding carboxylic acids is 4. The van der Waals surface area contributed by atoms with Crippen molar-refractivity contribution < 1.29 is 23.9 Å². The van der Waals surface area contributed by atoms with Crippen LogP contribution in [0.15, 0.2) is 24.3 Å². The minimum absolute atomic E-state index is 0.0820. The fourth-order valence-corrected chi connectivity index (χ4v) is 2.10. The molecule has 23 heavy (non-hydrogen) atoms. The lowest BCUT2D eigenvalue weighted by atomic mass is 10.3. The van der Waals surface area contributed by atoms with Crippen molar-refractivity contribution in [3.8, 4) is 0 Å². The molecule has 2 rings (SSSR count). The van der Waals surface area contributed by atoms with Gasteiger partial charge in [0.2, 0.25) is 0 Å². The van der Waals surface area contributed by atoms with E-state index in [1.165, 1.54) is 11.9 Å². The average Bonchev–Trinajstić information content (AvgIpc) is 2.72. The SMILES string of the molecule is CN1CC(=O)N(CC(=O)OCC(=O)Nc2cccc(Cl)c2)C1=O. The summed E-state index contributed by atoms with van der Waals surface area (Å²) in [6, 6.07) is 5.90. The van der Waals surface area contributed by atoms with E-state index in [0.717, 1.165) is 4.90 Å². The van der Waals surface area contributed by atoms with Gasteiger partial charge in [0, 0.05) is 17.8 Å². The Kier molecular flexibility index (Phi) is 5.17. The number of halogens is 1. The first kappa shape index (κ1) is 16.8. The van der Waals surface area contributed by atoms with Crippen LogP contribution in [0.2, 0.25) is 5.02 Å². The summed E-state index contributed by atoms with van der Waals surface area (Å²) in [5, 5.41) is 2.95. The van der Waals surface area contributed by atoms with E-state index in [-0.39, 0.29) is 6.54 Å². The number of nitrogens with zero attached hydrogens (tertiary/aromatic N) is 2. The third-order valence-electron chi connectivity index (χ3n) is 2.99. The molecule has 1 aromatic carbocycles. The Morgan fingerprint density at radius 1 is 1.35 bits per heavy atom. The minimum atomic E-state index is -0.844. The van der Waals surface area contributed by atoms with Gasteiger partial charge in [-0.25, -0.2) is 4.79 Å². The van der Waals surface area contributed by atoms with Crippen LogP contribution in [0.3, 0.4) is 0 Å². The maximum absolute atomic E-state index is 11.7. The molecule has 0 radical (unpaired) electrons. The average molecular weight is 340 g/mol. The van der Waals surface area contributed by atoms with E-state index in [2.05, 4.69) is 5.32 Å². The number of likely N-dealkylation sites (N-methyl/N-ethyl adjacent to an activating group) is 1. The van der Waals surface area contributed by atoms with E-state index in [9.17, 15) is 19.2 Å². The number of anilines is 1. The molecule has 1 aliphatic heterocycles. The highest BCUT2D eigenvalue weighted by Gasteiger charge is 2.35. The fourth-order valence-electron chi connectivity index (χ4n) is 1.91. The van der Waals surface area contributed by atoms with Gasteiger partial charge in [-0.1, -0.05) is 17.7 Å². The molecule has 0 atom stereocenters. The smallest absolute Gasteiger partial charge is 0.327 e. The van der Waals surface area contributed by atoms with Gasteiger partial charge in [0.05, 0.1) is 0 Å². The molecule has 0 spiro atoms. The van der Waals surface area contributed by atoms with Crippen LogP contribution in [0.25, 0.3) is 0 Å². The maximum Gasteiger partial charge on any atom is 0.327 e. The van der Waals surface area contributed by atoms with Gasteiger partial charge in [-0.05, 0) is 18.2 Å². The molecule has 1 fully saturated rings. The number of carbonyl (C=O) groups is 4. The minimum Gasteiger partial charge on any atom is -0.454 e. The highest BCUT2D eigenvalue weighted by Crippen LogP contribution is 2.14. The van der Waals surface area contributed by atoms with Crippen molar-refractivity contribution in [3.63, 3.8) is 0 Å². The van der Waals surface area contributed by atoms with E-state index < -0.39 is 37.0 Å². The lowest BCUT2D eigenvalue weighted by molar-refractivity contribution is -0.149. The second kappa shape index (κ2) is 7.10. The Bertz CT molecular complexity index is 664. The normalized spacial score (nSPS) is 14.2. The summed E-state index contributed by atoms with van der Waals surface area (Å²) in [4.78, 5) is 48.3. The van der Waals surface area contributed by atoms with Gasteiger partial charge in [0.15, 0.2) is 6.61 Å². The van der Waals surface area contributed by atoms with Crippen LogP contribution in [0.1, 0.15) is 0 Å². The third-order valence-corrected chi connectivity index (χ3v) is 3.23. The maximum atomic E-state index is 11.7. The Hall–Kier alpha value is -2.61. The molecule has 122 valence electrons. The standard InChI is InChI=1S/C14H14ClN3O5/c1-17-6-12(20)18(14(17)22)7-13(21)23-8-11(19)16-10-4-2-3-9(15)5-10/h2-5H,6-8H2,1H3,(H,16,19). The summed E-state index contributed by atoms with van der Waals surface area (Å²) in [6.07, 6.45) is 0. The predicted molar refractivity (Wildman–Crippen MR) is 80.8 cm³/mol. The van der Waals surface area contributed by atoms with Crippen LogP contribution in [-0.2, 0) is 19.1 Å². The molecule has 1 saturated heterocycles. The van der Waals surface area contributed by atoms with Crippen LogP contribution in [0.5, 0.6) is 0 Å². The first-order valence-electron chi connectivity index (χ1n) is 6.63. The Labute approximate surface area is 136 Å². The van der Waals surface area contributed by atoms with E-state index >= 15 is 0 Å². The Morgan fingerprint density at radius 3 is 2.70 bits per heavy atom. The number of imide groups is 1. The molecule has 1 aromatic rings. The van der Waals surface area contributed by atoms with Gasteiger partial charge >= 0.3 is 12.0 Å². The number of esters is 1. The molecule has 0 saturated carbocycles. The number of hydrogen-bond acceptors (Lipinski definition) is 5. The highest BCUT2D eigenvalue weighted by atomic mass is 35.5. The zero-order valence-corrected chi connectivity index (χ0v) is 13.0. The van der Waals surface area contributed by atoms with Crippen LogP contribution in [0.4, 0.5) is 10.5 Å². The molecule has 0 unspecified atom stereocenters. The molecule has 4 amide bonds. The van der Waals surface area contributed by atoms with Gasteiger partial charge in [-0.3, -0.25) is 19.3 Å². The summed E-state index contributed by atoms with van der Waals surface area (Å²) in [7, 11) is 1.45. The van der Waals surface area contributed by atoms with Crippen molar-refractivity contribution in [1.82, 2.24) is 9.80 Å². The van der Waals surface area contributed by atoms with E-state index in [4.69, 9.17) is 16.3 Å². The molecular weight excluding hydrogens is 326 g/mol. The van der Waals surface area contributed by atoms with Crippen LogP contribution >= 0.6 is 11.6 Å². The van der Waals surface area contributed by atoms with Gasteiger partial charge in [0.1, 0.15) is 13.1 Å². The quantitative estimate of drug-likeness (QED) is 0.629. The summed E-state index contributed by atoms with van der Waals surface area (Å²) in [5.74, 6) is -1.89. The number of amides is 4. The monoisotopic (exact) mass is 339 g/mol. The number of nitrogens with one attached hydrogen (secondary N) is 1. The summed E-state index contributed by atoms with van der Waals surface area (Å²) < 4.78 is 4.75. The van der Waals surface area contributed by atoms with Gasteiger partial charge < -0.3 is 15.0 Å². The van der Waals surface area contributed by atoms with E-state index in [0.29, 0.717) is 10.7 Å². The lowest BCUT2D eigenvalue weighted by Gasteiger charge is -2.13. The molecular formula is C14H14ClN3O5. The first-order valence-corrected chi connectivity index (χ1v) is 7.01. The summed E-state index contributed by atoms with van der Waals surface area (Å²) in [5.41, 5.74) is 0.463. The Morgan fingerprint density at radius 2 is 2.09 bits per heavy atom. The van der Waals surface area contributed by atoms with Crippen LogP contribution in [-0.4, -0.2) is 60.4 Å². The molecule has 0 aliphatic carbocycles. The third kappa shape index (κ3) is 4.43. The highest BCUT2D eigenvalue weighted by molar-refractivity contribution is 6.30. The van der Waals surface area contributed by atoms with Crippen molar-refractivity contribution >= 4 is 41.1 Å². The van der Waals surface area contributed by atoms with Gasteiger partial charge in [-0.15, -0.1) is 0 Å². The molecule has 0 aromatic heterocycles. The molecule has 9 heteroatoms. The van der Waals surface area contributed by atoms with Crippen molar-refractivity contribution in [2.45, 2.75) is 0 Å². The van der Waals surface area contributed by atoms with Crippen LogP contribution in [0, 0.1) is 0 Å². The summed E-state index contributed by atoms with van der Waals surface area (Å²) in [6.45, 7) is -1.13. The molecule has 1 aliphatic rings. The van der Waals surface area contributed by atoms with E-state index in [1.54, 1.807) is 24.3 Å². The number of hydrogen-bond donors (Lipinski definition) is 1. The Balaban J connectivity index is 1.79. The van der Waals surface area contributed by atoms with Gasteiger partial charge in [0.25, 0.3) is 11.8 Å². The van der Waals surface area contributed by atoms with Crippen molar-refractivity contribution in [2.24, 2.45) is 0 Å². The molecule has 0 bridgehead atoms. The first-order chi connectivity index (χ1) is 10.9. The van der Waals surface area contributed by atoms with Gasteiger partial charge in [-0.2, -0.15) is 0 Å². The zero-order valence-electron chi connectivity index (χ0n) is 12.2. The lowest BCUT2D eigenvalue weighted by Crippen LogP contribution is -2.37. The topological polar surface area (TPSA) is 96.0 Å². The second-order valence-corrected chi connectivity index (χ2v) is 5.27. The number of urea groups is 1. The molecule has 8 nitrogen and oxygen atoms in total. The molecule has 1 heterocycles. The van der Waals surface area contributed by atoms with Crippen molar-refractivity contribution in [2.75, 3.05) is 32.1 Å². The number of ether oxygens (including phenoxy) is 1. The predicted octanol–water partition coefficient (Wildman–Crippen LogP) is 0.716. The number of benzene rings is 1. The summed E-state index contributed by atoms with van der Waals surface area (Å²) >= 11 is 5.78. The number of rotatable bonds is 5. The van der Waals surface area contributed by atoms with Crippen molar-refractivity contribution in [3.05, 3.63) is 29.3 Å². The van der Waals surface area contributed by atoms with E-state index in [1.807, 2.05) is 0 Å². The van der Waals surface area contributed by atoms with Crippen LogP contribution < -0.4 is 5.32 Å². The van der Waals surface area contributed by atoms with Crippen molar-refractivity contribution in [1.29, 1.82) is 0 Å². The molecule has 1 N–H and O–H groups in total. The second-order valence-electron chi connectivity index (χ2n) is 4.84. The largest absolute Gasteiger partial charge is 0.454 e. The fraction of sp³-hybridized carbons (Fsp3) is 0.286. The zero-order chi connectivity index (χ0) is 17.0.